The Hall–Kier alpha value is -1.71. The number of esters is 3. The molecular weight excluding hydrogens is 468 g/mol. The van der Waals surface area contributed by atoms with Gasteiger partial charge in [-0.15, -0.1) is 0 Å². The number of ether oxygens (including phenoxy) is 6. The van der Waals surface area contributed by atoms with Gasteiger partial charge in [0, 0.05) is 0 Å². The van der Waals surface area contributed by atoms with Gasteiger partial charge >= 0.3 is 17.9 Å². The van der Waals surface area contributed by atoms with E-state index in [0.29, 0.717) is 19.3 Å². The van der Waals surface area contributed by atoms with Crippen LogP contribution in [0.4, 0.5) is 0 Å². The van der Waals surface area contributed by atoms with Crippen LogP contribution in [0, 0.1) is 0 Å². The van der Waals surface area contributed by atoms with E-state index in [1.165, 1.54) is 0 Å². The Balaban J connectivity index is 2.59. The van der Waals surface area contributed by atoms with Crippen LogP contribution >= 0.6 is 0 Å². The molecule has 0 aromatic carbocycles. The van der Waals surface area contributed by atoms with Crippen molar-refractivity contribution in [2.24, 2.45) is 0 Å². The molecule has 0 aliphatic heterocycles. The third kappa shape index (κ3) is 16.9. The van der Waals surface area contributed by atoms with E-state index >= 15 is 0 Å². The van der Waals surface area contributed by atoms with E-state index in [-0.39, 0.29) is 75.3 Å². The van der Waals surface area contributed by atoms with E-state index in [4.69, 9.17) is 28.4 Å². The Bertz CT molecular complexity index is 596. The number of hydrogen-bond acceptors (Lipinski definition) is 9. The van der Waals surface area contributed by atoms with E-state index in [9.17, 15) is 14.4 Å². The van der Waals surface area contributed by atoms with E-state index in [2.05, 4.69) is 0 Å². The summed E-state index contributed by atoms with van der Waals surface area (Å²) in [4.78, 5) is 36.0. The summed E-state index contributed by atoms with van der Waals surface area (Å²) in [5.41, 5.74) is -1.62. The normalized spacial score (nSPS) is 21.1. The Morgan fingerprint density at radius 2 is 0.722 bits per heavy atom. The Labute approximate surface area is 216 Å². The predicted molar refractivity (Wildman–Crippen MR) is 134 cm³/mol. The van der Waals surface area contributed by atoms with Gasteiger partial charge in [0.2, 0.25) is 0 Å². The lowest BCUT2D eigenvalue weighted by molar-refractivity contribution is -0.157. The van der Waals surface area contributed by atoms with E-state index in [1.54, 1.807) is 0 Å². The molecule has 9 heteroatoms. The van der Waals surface area contributed by atoms with Crippen molar-refractivity contribution in [3.05, 3.63) is 0 Å². The lowest BCUT2D eigenvalue weighted by Gasteiger charge is -2.34. The minimum Gasteiger partial charge on any atom is -0.460 e. The van der Waals surface area contributed by atoms with Crippen molar-refractivity contribution in [2.75, 3.05) is 19.8 Å². The van der Waals surface area contributed by atoms with Crippen LogP contribution in [-0.4, -0.2) is 72.8 Å². The van der Waals surface area contributed by atoms with Crippen molar-refractivity contribution in [1.29, 1.82) is 0 Å². The summed E-state index contributed by atoms with van der Waals surface area (Å²) in [6.07, 6.45) is 1.78. The first kappa shape index (κ1) is 32.3. The van der Waals surface area contributed by atoms with Gasteiger partial charge in [-0.25, -0.2) is 0 Å². The maximum absolute atomic E-state index is 12.0. The molecule has 0 N–H and O–H groups in total. The molecule has 0 radical (unpaired) electrons. The average Bonchev–Trinajstić information content (AvgIpc) is 2.63. The first-order valence-electron chi connectivity index (χ1n) is 12.9. The van der Waals surface area contributed by atoms with Gasteiger partial charge < -0.3 is 28.4 Å². The van der Waals surface area contributed by atoms with Gasteiger partial charge in [0.1, 0.15) is 16.8 Å². The van der Waals surface area contributed by atoms with Gasteiger partial charge in [-0.2, -0.15) is 0 Å². The summed E-state index contributed by atoms with van der Waals surface area (Å²) < 4.78 is 33.9. The Morgan fingerprint density at radius 1 is 0.500 bits per heavy atom. The number of carbonyl (C=O) groups excluding carboxylic acids is 3. The molecular formula is C27H48O9. The molecule has 0 atom stereocenters. The molecule has 0 unspecified atom stereocenters. The van der Waals surface area contributed by atoms with Crippen molar-refractivity contribution in [1.82, 2.24) is 0 Å². The number of rotatable bonds is 12. The Morgan fingerprint density at radius 3 is 0.917 bits per heavy atom. The molecule has 0 saturated heterocycles. The summed E-state index contributed by atoms with van der Waals surface area (Å²) in [6.45, 7) is 17.1. The van der Waals surface area contributed by atoms with Crippen LogP contribution in [0.5, 0.6) is 0 Å². The van der Waals surface area contributed by atoms with Crippen LogP contribution in [0.1, 0.15) is 101 Å². The summed E-state index contributed by atoms with van der Waals surface area (Å²) >= 11 is 0. The van der Waals surface area contributed by atoms with Crippen LogP contribution in [0.15, 0.2) is 0 Å². The topological polar surface area (TPSA) is 107 Å². The molecule has 1 aliphatic carbocycles. The second-order valence-electron chi connectivity index (χ2n) is 12.2. The van der Waals surface area contributed by atoms with Crippen LogP contribution in [-0.2, 0) is 42.8 Å². The maximum Gasteiger partial charge on any atom is 0.308 e. The number of carbonyl (C=O) groups is 3. The third-order valence-corrected chi connectivity index (χ3v) is 4.82. The molecule has 1 fully saturated rings. The van der Waals surface area contributed by atoms with Crippen molar-refractivity contribution in [3.63, 3.8) is 0 Å². The van der Waals surface area contributed by atoms with Crippen LogP contribution < -0.4 is 0 Å². The van der Waals surface area contributed by atoms with Crippen LogP contribution in [0.2, 0.25) is 0 Å². The number of hydrogen-bond donors (Lipinski definition) is 0. The first-order valence-corrected chi connectivity index (χ1v) is 12.9. The molecule has 0 aromatic heterocycles. The highest BCUT2D eigenvalue weighted by molar-refractivity contribution is 5.70. The monoisotopic (exact) mass is 516 g/mol. The molecule has 36 heavy (non-hydrogen) atoms. The highest BCUT2D eigenvalue weighted by Gasteiger charge is 2.31. The zero-order valence-electron chi connectivity index (χ0n) is 23.8. The highest BCUT2D eigenvalue weighted by Crippen LogP contribution is 2.27. The predicted octanol–water partition coefficient (Wildman–Crippen LogP) is 4.52. The molecule has 0 heterocycles. The molecule has 1 aliphatic rings. The maximum atomic E-state index is 12.0. The lowest BCUT2D eigenvalue weighted by Crippen LogP contribution is -2.38. The summed E-state index contributed by atoms with van der Waals surface area (Å²) in [6, 6.07) is 0. The van der Waals surface area contributed by atoms with Crippen molar-refractivity contribution < 1.29 is 42.8 Å². The molecule has 9 nitrogen and oxygen atoms in total. The molecule has 1 saturated carbocycles. The molecule has 0 spiro atoms. The summed E-state index contributed by atoms with van der Waals surface area (Å²) in [5.74, 6) is -0.934. The van der Waals surface area contributed by atoms with Gasteiger partial charge in [0.05, 0.1) is 57.4 Å². The fourth-order valence-electron chi connectivity index (χ4n) is 3.68. The van der Waals surface area contributed by atoms with Crippen molar-refractivity contribution in [3.8, 4) is 0 Å². The smallest absolute Gasteiger partial charge is 0.308 e. The molecule has 0 aromatic rings. The van der Waals surface area contributed by atoms with Crippen molar-refractivity contribution >= 4 is 17.9 Å². The standard InChI is InChI=1S/C27H48O9/c1-25(2,3)34-22(28)10-13-31-19-16-20(32-14-11-23(29)35-26(4,5)6)18-21(17-19)33-15-12-24(30)36-27(7,8)9/h19-21H,10-18H2,1-9H3. The molecule has 0 bridgehead atoms. The summed E-state index contributed by atoms with van der Waals surface area (Å²) in [5, 5.41) is 0. The molecule has 210 valence electrons. The summed E-state index contributed by atoms with van der Waals surface area (Å²) in [7, 11) is 0. The second-order valence-corrected chi connectivity index (χ2v) is 12.2. The quantitative estimate of drug-likeness (QED) is 0.273. The van der Waals surface area contributed by atoms with Gasteiger partial charge in [0.25, 0.3) is 0 Å². The second kappa shape index (κ2) is 14.3. The highest BCUT2D eigenvalue weighted by atomic mass is 16.6. The largest absolute Gasteiger partial charge is 0.460 e. The van der Waals surface area contributed by atoms with E-state index in [1.807, 2.05) is 62.3 Å². The van der Waals surface area contributed by atoms with E-state index < -0.39 is 16.8 Å². The van der Waals surface area contributed by atoms with Gasteiger partial charge in [0.15, 0.2) is 0 Å². The fourth-order valence-corrected chi connectivity index (χ4v) is 3.68. The van der Waals surface area contributed by atoms with Gasteiger partial charge in [-0.1, -0.05) is 0 Å². The Kier molecular flexibility index (Phi) is 12.8. The van der Waals surface area contributed by atoms with Crippen LogP contribution in [0.25, 0.3) is 0 Å². The molecule has 1 rings (SSSR count). The van der Waals surface area contributed by atoms with Gasteiger partial charge in [-0.3, -0.25) is 14.4 Å². The lowest BCUT2D eigenvalue weighted by atomic mass is 9.92. The first-order chi connectivity index (χ1) is 16.4. The zero-order valence-corrected chi connectivity index (χ0v) is 23.8. The minimum atomic E-state index is -0.540. The van der Waals surface area contributed by atoms with Crippen molar-refractivity contribution in [2.45, 2.75) is 136 Å². The third-order valence-electron chi connectivity index (χ3n) is 4.82. The average molecular weight is 517 g/mol. The fraction of sp³-hybridized carbons (Fsp3) is 0.889. The minimum absolute atomic E-state index is 0.155. The van der Waals surface area contributed by atoms with Crippen LogP contribution in [0.3, 0.4) is 0 Å². The molecule has 0 amide bonds. The van der Waals surface area contributed by atoms with Gasteiger partial charge in [-0.05, 0) is 81.6 Å². The SMILES string of the molecule is CC(C)(C)OC(=O)CCOC1CC(OCCC(=O)OC(C)(C)C)CC(OCCC(=O)OC(C)(C)C)C1. The van der Waals surface area contributed by atoms with E-state index in [0.717, 1.165) is 0 Å². The zero-order chi connectivity index (χ0) is 27.6.